The number of benzene rings is 2. The molecule has 0 heterocycles. The van der Waals surface area contributed by atoms with Crippen molar-refractivity contribution < 1.29 is 23.5 Å². The van der Waals surface area contributed by atoms with E-state index in [1.807, 2.05) is 27.7 Å². The fourth-order valence-electron chi connectivity index (χ4n) is 4.06. The molecular formula is C22H29N2O7P. The smallest absolute Gasteiger partial charge is 0.306 e. The molecule has 2 rings (SSSR count). The Kier molecular flexibility index (Phi) is 9.50. The quantitative estimate of drug-likeness (QED) is 0.218. The van der Waals surface area contributed by atoms with E-state index in [0.717, 1.165) is 22.3 Å². The van der Waals surface area contributed by atoms with Gasteiger partial charge in [-0.05, 0) is 60.1 Å². The van der Waals surface area contributed by atoms with E-state index >= 15 is 0 Å². The van der Waals surface area contributed by atoms with Gasteiger partial charge in [-0.3, -0.25) is 24.8 Å². The van der Waals surface area contributed by atoms with Crippen molar-refractivity contribution in [3.05, 3.63) is 77.9 Å². The van der Waals surface area contributed by atoms with Crippen LogP contribution in [0, 0.1) is 20.2 Å². The SMILES string of the molecule is CCc1c(CO[PH](=O)OCc2ccc([N+](=O)[O-])c(CC)c2CC)ccc([N+](=O)[O-])c1CC. The van der Waals surface area contributed by atoms with Gasteiger partial charge in [-0.25, -0.2) is 0 Å². The van der Waals surface area contributed by atoms with E-state index in [2.05, 4.69) is 0 Å². The lowest BCUT2D eigenvalue weighted by Crippen LogP contribution is -2.05. The summed E-state index contributed by atoms with van der Waals surface area (Å²) in [5.74, 6) is 0. The van der Waals surface area contributed by atoms with Gasteiger partial charge in [0, 0.05) is 23.3 Å². The average Bonchev–Trinajstić information content (AvgIpc) is 2.79. The minimum atomic E-state index is -2.84. The summed E-state index contributed by atoms with van der Waals surface area (Å²) in [5.41, 5.74) is 4.61. The molecule has 0 amide bonds. The molecule has 2 aromatic rings. The van der Waals surface area contributed by atoms with Crippen molar-refractivity contribution in [3.8, 4) is 0 Å². The zero-order valence-electron chi connectivity index (χ0n) is 18.8. The van der Waals surface area contributed by atoms with Crippen LogP contribution in [0.15, 0.2) is 24.3 Å². The molecule has 9 nitrogen and oxygen atoms in total. The van der Waals surface area contributed by atoms with Crippen molar-refractivity contribution in [2.75, 3.05) is 0 Å². The largest absolute Gasteiger partial charge is 0.319 e. The van der Waals surface area contributed by atoms with E-state index in [0.29, 0.717) is 36.8 Å². The molecule has 0 N–H and O–H groups in total. The predicted molar refractivity (Wildman–Crippen MR) is 122 cm³/mol. The van der Waals surface area contributed by atoms with Gasteiger partial charge in [0.25, 0.3) is 11.4 Å². The molecule has 174 valence electrons. The first kappa shape index (κ1) is 25.6. The summed E-state index contributed by atoms with van der Waals surface area (Å²) in [5, 5.41) is 22.5. The lowest BCUT2D eigenvalue weighted by molar-refractivity contribution is -0.385. The maximum atomic E-state index is 12.4. The predicted octanol–water partition coefficient (Wildman–Crippen LogP) is 5.88. The molecule has 0 aliphatic heterocycles. The van der Waals surface area contributed by atoms with Gasteiger partial charge < -0.3 is 9.05 Å². The molecule has 0 saturated carbocycles. The number of rotatable bonds is 12. The van der Waals surface area contributed by atoms with Gasteiger partial charge in [0.05, 0.1) is 23.1 Å². The van der Waals surface area contributed by atoms with Crippen LogP contribution in [0.25, 0.3) is 0 Å². The Bertz CT molecular complexity index is 944. The second-order valence-electron chi connectivity index (χ2n) is 7.16. The molecule has 0 bridgehead atoms. The normalized spacial score (nSPS) is 11.2. The number of nitro groups is 2. The molecule has 0 saturated heterocycles. The van der Waals surface area contributed by atoms with Crippen LogP contribution in [0.2, 0.25) is 0 Å². The highest BCUT2D eigenvalue weighted by atomic mass is 31.1. The first-order chi connectivity index (χ1) is 15.3. The Balaban J connectivity index is 2.12. The summed E-state index contributed by atoms with van der Waals surface area (Å²) in [7, 11) is -2.84. The highest BCUT2D eigenvalue weighted by Gasteiger charge is 2.20. The number of hydrogen-bond donors (Lipinski definition) is 0. The molecule has 0 aromatic heterocycles. The monoisotopic (exact) mass is 464 g/mol. The van der Waals surface area contributed by atoms with Crippen LogP contribution in [0.5, 0.6) is 0 Å². The molecule has 10 heteroatoms. The van der Waals surface area contributed by atoms with Crippen LogP contribution in [0.4, 0.5) is 11.4 Å². The Morgan fingerprint density at radius 1 is 0.688 bits per heavy atom. The lowest BCUT2D eigenvalue weighted by atomic mass is 9.96. The first-order valence-electron chi connectivity index (χ1n) is 10.6. The molecule has 0 aliphatic carbocycles. The van der Waals surface area contributed by atoms with Gasteiger partial charge in [-0.15, -0.1) is 0 Å². The van der Waals surface area contributed by atoms with Crippen LogP contribution < -0.4 is 0 Å². The average molecular weight is 464 g/mol. The van der Waals surface area contributed by atoms with Crippen LogP contribution in [0.3, 0.4) is 0 Å². The van der Waals surface area contributed by atoms with E-state index in [1.54, 1.807) is 12.1 Å². The second-order valence-corrected chi connectivity index (χ2v) is 8.23. The summed E-state index contributed by atoms with van der Waals surface area (Å²) < 4.78 is 23.2. The number of hydrogen-bond acceptors (Lipinski definition) is 7. The molecule has 0 radical (unpaired) electrons. The standard InChI is InChI=1S/C22H29N2O7P/c1-5-17-15(9-11-21(23(25)26)19(17)7-3)13-30-32(29)31-14-16-10-12-22(24(27)28)20(8-4)18(16)6-2/h9-12,32H,5-8,13-14H2,1-4H3. The van der Waals surface area contributed by atoms with Crippen molar-refractivity contribution >= 4 is 19.6 Å². The van der Waals surface area contributed by atoms with E-state index in [9.17, 15) is 24.8 Å². The van der Waals surface area contributed by atoms with E-state index in [1.165, 1.54) is 12.1 Å². The fraction of sp³-hybridized carbons (Fsp3) is 0.455. The Morgan fingerprint density at radius 2 is 1.03 bits per heavy atom. The van der Waals surface area contributed by atoms with Gasteiger partial charge in [0.1, 0.15) is 0 Å². The number of nitrogens with zero attached hydrogens (tertiary/aromatic N) is 2. The maximum Gasteiger partial charge on any atom is 0.319 e. The van der Waals surface area contributed by atoms with Gasteiger partial charge in [0.15, 0.2) is 0 Å². The third-order valence-electron chi connectivity index (χ3n) is 5.51. The second kappa shape index (κ2) is 11.9. The van der Waals surface area contributed by atoms with Crippen molar-refractivity contribution in [1.29, 1.82) is 0 Å². The van der Waals surface area contributed by atoms with Crippen LogP contribution in [-0.2, 0) is 52.5 Å². The first-order valence-corrected chi connectivity index (χ1v) is 11.9. The van der Waals surface area contributed by atoms with Crippen LogP contribution in [0.1, 0.15) is 61.1 Å². The summed E-state index contributed by atoms with van der Waals surface area (Å²) >= 11 is 0. The van der Waals surface area contributed by atoms with Crippen molar-refractivity contribution in [1.82, 2.24) is 0 Å². The van der Waals surface area contributed by atoms with Gasteiger partial charge in [-0.1, -0.05) is 27.7 Å². The van der Waals surface area contributed by atoms with Crippen molar-refractivity contribution in [2.24, 2.45) is 0 Å². The van der Waals surface area contributed by atoms with Gasteiger partial charge in [0.2, 0.25) is 0 Å². The van der Waals surface area contributed by atoms with Crippen molar-refractivity contribution in [2.45, 2.75) is 66.6 Å². The molecule has 32 heavy (non-hydrogen) atoms. The molecule has 0 spiro atoms. The molecule has 2 aromatic carbocycles. The van der Waals surface area contributed by atoms with Crippen LogP contribution >= 0.6 is 8.25 Å². The zero-order chi connectivity index (χ0) is 23.8. The highest BCUT2D eigenvalue weighted by Crippen LogP contribution is 2.33. The van der Waals surface area contributed by atoms with Gasteiger partial charge >= 0.3 is 8.25 Å². The van der Waals surface area contributed by atoms with Gasteiger partial charge in [-0.2, -0.15) is 0 Å². The Hall–Kier alpha value is -2.61. The summed E-state index contributed by atoms with van der Waals surface area (Å²) in [4.78, 5) is 21.8. The third-order valence-corrected chi connectivity index (χ3v) is 6.27. The third kappa shape index (κ3) is 5.79. The van der Waals surface area contributed by atoms with Crippen molar-refractivity contribution in [3.63, 3.8) is 0 Å². The minimum Gasteiger partial charge on any atom is -0.306 e. The Morgan fingerprint density at radius 3 is 1.31 bits per heavy atom. The highest BCUT2D eigenvalue weighted by molar-refractivity contribution is 7.33. The van der Waals surface area contributed by atoms with E-state index in [4.69, 9.17) is 9.05 Å². The fourth-order valence-corrected chi connectivity index (χ4v) is 4.69. The molecule has 0 fully saturated rings. The molecular weight excluding hydrogens is 435 g/mol. The Labute approximate surface area is 188 Å². The van der Waals surface area contributed by atoms with E-state index < -0.39 is 18.1 Å². The summed E-state index contributed by atoms with van der Waals surface area (Å²) in [6.07, 6.45) is 2.21. The lowest BCUT2D eigenvalue weighted by Gasteiger charge is -2.15. The zero-order valence-corrected chi connectivity index (χ0v) is 19.8. The molecule has 0 aliphatic rings. The minimum absolute atomic E-state index is 0.0209. The topological polar surface area (TPSA) is 122 Å². The maximum absolute atomic E-state index is 12.4. The van der Waals surface area contributed by atoms with Crippen LogP contribution in [-0.4, -0.2) is 9.85 Å². The summed E-state index contributed by atoms with van der Waals surface area (Å²) in [6.45, 7) is 7.58. The van der Waals surface area contributed by atoms with E-state index in [-0.39, 0.29) is 24.6 Å². The molecule has 0 unspecified atom stereocenters. The summed E-state index contributed by atoms with van der Waals surface area (Å²) in [6, 6.07) is 6.16. The molecule has 0 atom stereocenters. The number of nitro benzene ring substituents is 2.